The van der Waals surface area contributed by atoms with Crippen LogP contribution in [-0.4, -0.2) is 19.9 Å². The molecule has 1 atom stereocenters. The molecule has 5 heteroatoms. The Morgan fingerprint density at radius 1 is 1.53 bits per heavy atom. The maximum atomic E-state index is 10.1. The second-order valence-electron chi connectivity index (χ2n) is 3.90. The molecule has 0 aromatic carbocycles. The van der Waals surface area contributed by atoms with E-state index in [1.54, 1.807) is 17.1 Å². The lowest BCUT2D eigenvalue weighted by Crippen LogP contribution is -2.04. The van der Waals surface area contributed by atoms with Gasteiger partial charge in [0.1, 0.15) is 5.82 Å². The van der Waals surface area contributed by atoms with E-state index in [1.807, 2.05) is 25.3 Å². The van der Waals surface area contributed by atoms with Crippen LogP contribution in [0.1, 0.15) is 24.2 Å². The Kier molecular flexibility index (Phi) is 3.39. The van der Waals surface area contributed by atoms with E-state index in [4.69, 9.17) is 5.73 Å². The van der Waals surface area contributed by atoms with Crippen LogP contribution in [0.5, 0.6) is 0 Å². The van der Waals surface area contributed by atoms with Crippen LogP contribution in [0.3, 0.4) is 0 Å². The van der Waals surface area contributed by atoms with Crippen LogP contribution in [0.4, 0.5) is 5.82 Å². The van der Waals surface area contributed by atoms with Gasteiger partial charge in [0.05, 0.1) is 12.3 Å². The molecule has 17 heavy (non-hydrogen) atoms. The molecule has 2 aromatic rings. The Morgan fingerprint density at radius 3 is 3.00 bits per heavy atom. The lowest BCUT2D eigenvalue weighted by molar-refractivity contribution is 0.178. The van der Waals surface area contributed by atoms with Crippen molar-refractivity contribution < 1.29 is 5.11 Å². The smallest absolute Gasteiger partial charge is 0.126 e. The fraction of sp³-hybridized carbons (Fsp3) is 0.333. The standard InChI is InChI=1S/C12H16N4O/c1-2-16-8-10(7-15-16)11(17)6-9-4-3-5-14-12(9)13/h3-5,7-8,11,17H,2,6H2,1H3,(H2,13,14). The van der Waals surface area contributed by atoms with Crippen LogP contribution in [-0.2, 0) is 13.0 Å². The fourth-order valence-corrected chi connectivity index (χ4v) is 1.67. The number of nitrogen functional groups attached to an aromatic ring is 1. The molecule has 0 radical (unpaired) electrons. The van der Waals surface area contributed by atoms with Crippen LogP contribution < -0.4 is 5.73 Å². The maximum absolute atomic E-state index is 10.1. The van der Waals surface area contributed by atoms with E-state index in [1.165, 1.54) is 0 Å². The van der Waals surface area contributed by atoms with Gasteiger partial charge < -0.3 is 10.8 Å². The second kappa shape index (κ2) is 4.97. The van der Waals surface area contributed by atoms with Crippen molar-refractivity contribution in [3.63, 3.8) is 0 Å². The molecule has 0 aliphatic rings. The molecular formula is C12H16N4O. The highest BCUT2D eigenvalue weighted by molar-refractivity contribution is 5.39. The number of rotatable bonds is 4. The summed E-state index contributed by atoms with van der Waals surface area (Å²) in [5, 5.41) is 14.2. The summed E-state index contributed by atoms with van der Waals surface area (Å²) >= 11 is 0. The number of anilines is 1. The van der Waals surface area contributed by atoms with Crippen LogP contribution >= 0.6 is 0 Å². The van der Waals surface area contributed by atoms with Crippen molar-refractivity contribution >= 4 is 5.82 Å². The molecule has 0 fully saturated rings. The first-order valence-electron chi connectivity index (χ1n) is 5.60. The van der Waals surface area contributed by atoms with Crippen molar-refractivity contribution in [2.75, 3.05) is 5.73 Å². The molecule has 0 aliphatic heterocycles. The summed E-state index contributed by atoms with van der Waals surface area (Å²) in [4.78, 5) is 3.99. The molecule has 0 amide bonds. The minimum absolute atomic E-state index is 0.453. The Labute approximate surface area is 99.9 Å². The van der Waals surface area contributed by atoms with Gasteiger partial charge in [-0.1, -0.05) is 6.07 Å². The molecule has 0 aliphatic carbocycles. The number of aliphatic hydroxyl groups is 1. The minimum atomic E-state index is -0.596. The minimum Gasteiger partial charge on any atom is -0.388 e. The first-order chi connectivity index (χ1) is 8.20. The van der Waals surface area contributed by atoms with E-state index in [0.29, 0.717) is 12.2 Å². The number of aryl methyl sites for hydroxylation is 1. The zero-order valence-electron chi connectivity index (χ0n) is 9.74. The molecule has 0 saturated heterocycles. The van der Waals surface area contributed by atoms with Gasteiger partial charge in [0.2, 0.25) is 0 Å². The Balaban J connectivity index is 2.11. The van der Waals surface area contributed by atoms with Crippen LogP contribution in [0.15, 0.2) is 30.7 Å². The third-order valence-electron chi connectivity index (χ3n) is 2.70. The number of pyridine rings is 1. The van der Waals surface area contributed by atoms with Crippen molar-refractivity contribution in [3.05, 3.63) is 41.9 Å². The Hall–Kier alpha value is -1.88. The number of hydrogen-bond donors (Lipinski definition) is 2. The third kappa shape index (κ3) is 2.62. The SMILES string of the molecule is CCn1cc(C(O)Cc2cccnc2N)cn1. The Morgan fingerprint density at radius 2 is 2.35 bits per heavy atom. The quantitative estimate of drug-likeness (QED) is 0.829. The summed E-state index contributed by atoms with van der Waals surface area (Å²) in [6.45, 7) is 2.80. The van der Waals surface area contributed by atoms with Gasteiger partial charge in [-0.3, -0.25) is 4.68 Å². The van der Waals surface area contributed by atoms with Crippen molar-refractivity contribution in [3.8, 4) is 0 Å². The summed E-state index contributed by atoms with van der Waals surface area (Å²) in [5.74, 6) is 0.467. The Bertz CT molecular complexity index is 495. The number of nitrogens with zero attached hydrogens (tertiary/aromatic N) is 3. The van der Waals surface area contributed by atoms with Gasteiger partial charge in [-0.2, -0.15) is 5.10 Å². The average molecular weight is 232 g/mol. The third-order valence-corrected chi connectivity index (χ3v) is 2.70. The molecule has 2 rings (SSSR count). The lowest BCUT2D eigenvalue weighted by Gasteiger charge is -2.09. The van der Waals surface area contributed by atoms with Crippen molar-refractivity contribution in [2.45, 2.75) is 26.0 Å². The summed E-state index contributed by atoms with van der Waals surface area (Å²) in [5.41, 5.74) is 7.39. The lowest BCUT2D eigenvalue weighted by atomic mass is 10.1. The van der Waals surface area contributed by atoms with E-state index >= 15 is 0 Å². The van der Waals surface area contributed by atoms with E-state index in [0.717, 1.165) is 17.7 Å². The molecule has 2 heterocycles. The zero-order valence-corrected chi connectivity index (χ0v) is 9.74. The number of hydrogen-bond acceptors (Lipinski definition) is 4. The van der Waals surface area contributed by atoms with Crippen LogP contribution in [0.2, 0.25) is 0 Å². The fourth-order valence-electron chi connectivity index (χ4n) is 1.67. The van der Waals surface area contributed by atoms with Gasteiger partial charge >= 0.3 is 0 Å². The average Bonchev–Trinajstić information content (AvgIpc) is 2.81. The first kappa shape index (κ1) is 11.6. The van der Waals surface area contributed by atoms with E-state index in [9.17, 15) is 5.11 Å². The molecule has 0 saturated carbocycles. The monoisotopic (exact) mass is 232 g/mol. The normalized spacial score (nSPS) is 12.6. The molecular weight excluding hydrogens is 216 g/mol. The molecule has 1 unspecified atom stereocenters. The number of nitrogens with two attached hydrogens (primary N) is 1. The maximum Gasteiger partial charge on any atom is 0.126 e. The van der Waals surface area contributed by atoms with Gasteiger partial charge in [-0.15, -0.1) is 0 Å². The number of aliphatic hydroxyl groups excluding tert-OH is 1. The first-order valence-corrected chi connectivity index (χ1v) is 5.60. The summed E-state index contributed by atoms with van der Waals surface area (Å²) in [6.07, 6.45) is 5.02. The zero-order chi connectivity index (χ0) is 12.3. The summed E-state index contributed by atoms with van der Waals surface area (Å²) in [6, 6.07) is 3.68. The van der Waals surface area contributed by atoms with E-state index in [2.05, 4.69) is 10.1 Å². The molecule has 0 spiro atoms. The van der Waals surface area contributed by atoms with Gasteiger partial charge in [0, 0.05) is 30.9 Å². The number of aromatic nitrogens is 3. The van der Waals surface area contributed by atoms with Gasteiger partial charge in [0.15, 0.2) is 0 Å². The van der Waals surface area contributed by atoms with Crippen LogP contribution in [0, 0.1) is 0 Å². The molecule has 90 valence electrons. The topological polar surface area (TPSA) is 77.0 Å². The predicted octanol–water partition coefficient (Wildman–Crippen LogP) is 1.16. The van der Waals surface area contributed by atoms with Gasteiger partial charge in [-0.05, 0) is 18.6 Å². The van der Waals surface area contributed by atoms with Crippen molar-refractivity contribution in [1.29, 1.82) is 0 Å². The van der Waals surface area contributed by atoms with E-state index < -0.39 is 6.10 Å². The molecule has 0 bridgehead atoms. The predicted molar refractivity (Wildman–Crippen MR) is 65.2 cm³/mol. The van der Waals surface area contributed by atoms with Gasteiger partial charge in [-0.25, -0.2) is 4.98 Å². The highest BCUT2D eigenvalue weighted by Gasteiger charge is 2.12. The van der Waals surface area contributed by atoms with E-state index in [-0.39, 0.29) is 0 Å². The molecule has 5 nitrogen and oxygen atoms in total. The van der Waals surface area contributed by atoms with Crippen LogP contribution in [0.25, 0.3) is 0 Å². The summed E-state index contributed by atoms with van der Waals surface area (Å²) < 4.78 is 1.78. The molecule has 2 aromatic heterocycles. The highest BCUT2D eigenvalue weighted by atomic mass is 16.3. The molecule has 3 N–H and O–H groups in total. The van der Waals surface area contributed by atoms with Gasteiger partial charge in [0.25, 0.3) is 0 Å². The summed E-state index contributed by atoms with van der Waals surface area (Å²) in [7, 11) is 0. The van der Waals surface area contributed by atoms with Crippen molar-refractivity contribution in [2.24, 2.45) is 0 Å². The van der Waals surface area contributed by atoms with Crippen molar-refractivity contribution in [1.82, 2.24) is 14.8 Å². The second-order valence-corrected chi connectivity index (χ2v) is 3.90. The highest BCUT2D eigenvalue weighted by Crippen LogP contribution is 2.19. The largest absolute Gasteiger partial charge is 0.388 e.